The van der Waals surface area contributed by atoms with Gasteiger partial charge >= 0.3 is 5.97 Å². The van der Waals surface area contributed by atoms with Gasteiger partial charge in [-0.05, 0) is 31.0 Å². The van der Waals surface area contributed by atoms with Crippen LogP contribution in [0, 0.1) is 0 Å². The van der Waals surface area contributed by atoms with Crippen molar-refractivity contribution in [1.29, 1.82) is 0 Å². The Morgan fingerprint density at radius 3 is 2.90 bits per heavy atom. The number of carbonyl (C=O) groups is 2. The highest BCUT2D eigenvalue weighted by Crippen LogP contribution is 2.10. The summed E-state index contributed by atoms with van der Waals surface area (Å²) in [4.78, 5) is 29.9. The highest BCUT2D eigenvalue weighted by Gasteiger charge is 2.32. The molecule has 0 bridgehead atoms. The summed E-state index contributed by atoms with van der Waals surface area (Å²) in [6, 6.07) is 3.28. The van der Waals surface area contributed by atoms with Crippen molar-refractivity contribution in [3.05, 3.63) is 30.1 Å². The first-order valence-corrected chi connectivity index (χ1v) is 7.28. The van der Waals surface area contributed by atoms with Crippen LogP contribution >= 0.6 is 0 Å². The first kappa shape index (κ1) is 15.4. The first-order valence-electron chi connectivity index (χ1n) is 7.28. The molecule has 2 rings (SSSR count). The summed E-state index contributed by atoms with van der Waals surface area (Å²) in [6.45, 7) is 3.80. The number of esters is 1. The van der Waals surface area contributed by atoms with E-state index in [4.69, 9.17) is 4.74 Å². The summed E-state index contributed by atoms with van der Waals surface area (Å²) in [6.07, 6.45) is 4.47. The second-order valence-corrected chi connectivity index (χ2v) is 4.91. The maximum atomic E-state index is 12.4. The van der Waals surface area contributed by atoms with Crippen LogP contribution < -0.4 is 5.32 Å². The number of ether oxygens (including phenoxy) is 1. The molecule has 1 aromatic rings. The zero-order chi connectivity index (χ0) is 15.1. The molecule has 6 nitrogen and oxygen atoms in total. The number of amides is 1. The highest BCUT2D eigenvalue weighted by molar-refractivity contribution is 5.85. The molecule has 6 heteroatoms. The molecule has 0 radical (unpaired) electrons. The number of nitrogens with zero attached hydrogens (tertiary/aromatic N) is 2. The Bertz CT molecular complexity index is 478. The van der Waals surface area contributed by atoms with Crippen molar-refractivity contribution >= 4 is 11.9 Å². The number of hydrogen-bond donors (Lipinski definition) is 1. The van der Waals surface area contributed by atoms with E-state index in [1.165, 1.54) is 0 Å². The van der Waals surface area contributed by atoms with Gasteiger partial charge < -0.3 is 15.0 Å². The quantitative estimate of drug-likeness (QED) is 0.794. The van der Waals surface area contributed by atoms with E-state index in [2.05, 4.69) is 10.3 Å². The van der Waals surface area contributed by atoms with Gasteiger partial charge in [-0.3, -0.25) is 9.78 Å². The number of aromatic nitrogens is 1. The van der Waals surface area contributed by atoms with Crippen LogP contribution in [0.2, 0.25) is 0 Å². The Labute approximate surface area is 124 Å². The topological polar surface area (TPSA) is 71.5 Å². The second-order valence-electron chi connectivity index (χ2n) is 4.91. The van der Waals surface area contributed by atoms with E-state index in [0.717, 1.165) is 5.56 Å². The molecule has 1 saturated heterocycles. The molecular formula is C15H21N3O3. The van der Waals surface area contributed by atoms with Crippen molar-refractivity contribution in [2.45, 2.75) is 25.8 Å². The summed E-state index contributed by atoms with van der Waals surface area (Å²) >= 11 is 0. The predicted octanol–water partition coefficient (Wildman–Crippen LogP) is 0.378. The van der Waals surface area contributed by atoms with Gasteiger partial charge in [-0.25, -0.2) is 4.79 Å². The summed E-state index contributed by atoms with van der Waals surface area (Å²) in [5, 5.41) is 3.13. The Balaban J connectivity index is 1.93. The van der Waals surface area contributed by atoms with E-state index in [-0.39, 0.29) is 11.9 Å². The average Bonchev–Trinajstić information content (AvgIpc) is 2.54. The molecule has 1 unspecified atom stereocenters. The predicted molar refractivity (Wildman–Crippen MR) is 77.6 cm³/mol. The van der Waals surface area contributed by atoms with E-state index in [1.54, 1.807) is 24.2 Å². The molecule has 21 heavy (non-hydrogen) atoms. The molecule has 1 aliphatic rings. The lowest BCUT2D eigenvalue weighted by Gasteiger charge is -2.34. The number of piperazine rings is 1. The molecule has 1 fully saturated rings. The zero-order valence-electron chi connectivity index (χ0n) is 12.2. The fourth-order valence-electron chi connectivity index (χ4n) is 2.40. The molecule has 1 aromatic heterocycles. The largest absolute Gasteiger partial charge is 0.464 e. The summed E-state index contributed by atoms with van der Waals surface area (Å²) in [5.74, 6) is -0.340. The molecule has 1 amide bonds. The second kappa shape index (κ2) is 7.73. The van der Waals surface area contributed by atoms with Gasteiger partial charge in [0.05, 0.1) is 6.61 Å². The molecule has 1 N–H and O–H groups in total. The van der Waals surface area contributed by atoms with E-state index in [0.29, 0.717) is 39.1 Å². The van der Waals surface area contributed by atoms with Gasteiger partial charge in [-0.1, -0.05) is 0 Å². The highest BCUT2D eigenvalue weighted by atomic mass is 16.5. The third-order valence-electron chi connectivity index (χ3n) is 3.50. The summed E-state index contributed by atoms with van der Waals surface area (Å²) in [5.41, 5.74) is 1.07. The van der Waals surface area contributed by atoms with Crippen LogP contribution in [0.3, 0.4) is 0 Å². The van der Waals surface area contributed by atoms with Crippen LogP contribution in [0.4, 0.5) is 0 Å². The minimum absolute atomic E-state index is 0.00800. The Morgan fingerprint density at radius 2 is 2.19 bits per heavy atom. The van der Waals surface area contributed by atoms with Crippen molar-refractivity contribution < 1.29 is 14.3 Å². The number of pyridine rings is 1. The number of nitrogens with one attached hydrogen (secondary N) is 1. The lowest BCUT2D eigenvalue weighted by atomic mass is 10.1. The van der Waals surface area contributed by atoms with Crippen molar-refractivity contribution in [2.24, 2.45) is 0 Å². The number of aryl methyl sites for hydroxylation is 1. The smallest absolute Gasteiger partial charge is 0.330 e. The van der Waals surface area contributed by atoms with Crippen LogP contribution in [0.1, 0.15) is 18.9 Å². The Hall–Kier alpha value is -1.95. The molecule has 0 aromatic carbocycles. The van der Waals surface area contributed by atoms with Gasteiger partial charge in [0, 0.05) is 38.4 Å². The minimum Gasteiger partial charge on any atom is -0.464 e. The molecule has 114 valence electrons. The van der Waals surface area contributed by atoms with E-state index in [9.17, 15) is 9.59 Å². The average molecular weight is 291 g/mol. The Morgan fingerprint density at radius 1 is 1.43 bits per heavy atom. The molecule has 0 aliphatic carbocycles. The minimum atomic E-state index is -0.511. The maximum absolute atomic E-state index is 12.4. The van der Waals surface area contributed by atoms with E-state index >= 15 is 0 Å². The van der Waals surface area contributed by atoms with E-state index < -0.39 is 6.04 Å². The van der Waals surface area contributed by atoms with Gasteiger partial charge in [0.2, 0.25) is 5.91 Å². The van der Waals surface area contributed by atoms with Gasteiger partial charge in [-0.2, -0.15) is 0 Å². The summed E-state index contributed by atoms with van der Waals surface area (Å²) < 4.78 is 5.04. The van der Waals surface area contributed by atoms with Crippen LogP contribution in [-0.2, 0) is 20.7 Å². The molecule has 2 heterocycles. The lowest BCUT2D eigenvalue weighted by molar-refractivity contribution is -0.155. The van der Waals surface area contributed by atoms with Gasteiger partial charge in [0.15, 0.2) is 0 Å². The fraction of sp³-hybridized carbons (Fsp3) is 0.533. The summed E-state index contributed by atoms with van der Waals surface area (Å²) in [7, 11) is 0. The normalized spacial score (nSPS) is 18.3. The van der Waals surface area contributed by atoms with Crippen LogP contribution in [0.5, 0.6) is 0 Å². The molecule has 0 saturated carbocycles. The van der Waals surface area contributed by atoms with Gasteiger partial charge in [-0.15, -0.1) is 0 Å². The Kier molecular flexibility index (Phi) is 5.68. The van der Waals surface area contributed by atoms with Crippen molar-refractivity contribution in [1.82, 2.24) is 15.2 Å². The van der Waals surface area contributed by atoms with Crippen molar-refractivity contribution in [3.8, 4) is 0 Å². The maximum Gasteiger partial charge on any atom is 0.330 e. The van der Waals surface area contributed by atoms with Crippen LogP contribution in [0.15, 0.2) is 24.5 Å². The third-order valence-corrected chi connectivity index (χ3v) is 3.50. The van der Waals surface area contributed by atoms with Gasteiger partial charge in [0.25, 0.3) is 0 Å². The molecule has 0 spiro atoms. The van der Waals surface area contributed by atoms with Gasteiger partial charge in [0.1, 0.15) is 6.04 Å². The number of hydrogen-bond acceptors (Lipinski definition) is 5. The molecule has 1 aliphatic heterocycles. The zero-order valence-corrected chi connectivity index (χ0v) is 12.2. The fourth-order valence-corrected chi connectivity index (χ4v) is 2.40. The van der Waals surface area contributed by atoms with Crippen LogP contribution in [0.25, 0.3) is 0 Å². The first-order chi connectivity index (χ1) is 10.2. The number of carbonyl (C=O) groups excluding carboxylic acids is 2. The van der Waals surface area contributed by atoms with Crippen LogP contribution in [-0.4, -0.2) is 54.0 Å². The molecule has 1 atom stereocenters. The lowest BCUT2D eigenvalue weighted by Crippen LogP contribution is -2.57. The van der Waals surface area contributed by atoms with Crippen molar-refractivity contribution in [3.63, 3.8) is 0 Å². The third kappa shape index (κ3) is 4.26. The standard InChI is InChI=1S/C15H21N3O3/c1-2-21-15(20)13-11-17-9-10-18(13)14(19)4-3-12-5-7-16-8-6-12/h5-8,13,17H,2-4,9-11H2,1H3. The SMILES string of the molecule is CCOC(=O)C1CNCCN1C(=O)CCc1ccncc1. The van der Waals surface area contributed by atoms with E-state index in [1.807, 2.05) is 12.1 Å². The monoisotopic (exact) mass is 291 g/mol. The molecular weight excluding hydrogens is 270 g/mol. The van der Waals surface area contributed by atoms with Crippen molar-refractivity contribution in [2.75, 3.05) is 26.2 Å². The number of rotatable bonds is 5.